The molecule has 0 saturated heterocycles. The van der Waals surface area contributed by atoms with Crippen LogP contribution in [-0.2, 0) is 0 Å². The van der Waals surface area contributed by atoms with Crippen LogP contribution in [0.25, 0.3) is 0 Å². The van der Waals surface area contributed by atoms with Crippen LogP contribution in [0.5, 0.6) is 11.5 Å². The van der Waals surface area contributed by atoms with E-state index >= 15 is 0 Å². The van der Waals surface area contributed by atoms with Crippen LogP contribution in [0.2, 0.25) is 5.02 Å². The molecule has 3 aromatic rings. The van der Waals surface area contributed by atoms with Gasteiger partial charge in [-0.2, -0.15) is 0 Å². The van der Waals surface area contributed by atoms with E-state index in [2.05, 4.69) is 19.2 Å². The molecular formula is C22H20ClNO2. The number of hydrogen-bond donors (Lipinski definition) is 1. The fourth-order valence-electron chi connectivity index (χ4n) is 2.47. The maximum atomic E-state index is 12.3. The average Bonchev–Trinajstić information content (AvgIpc) is 2.65. The Morgan fingerprint density at radius 1 is 0.846 bits per heavy atom. The molecular weight excluding hydrogens is 346 g/mol. The van der Waals surface area contributed by atoms with Crippen molar-refractivity contribution in [3.05, 3.63) is 88.9 Å². The fourth-order valence-corrected chi connectivity index (χ4v) is 2.59. The van der Waals surface area contributed by atoms with Crippen molar-refractivity contribution in [2.45, 2.75) is 19.8 Å². The third-order valence-corrected chi connectivity index (χ3v) is 4.25. The smallest absolute Gasteiger partial charge is 0.255 e. The number of rotatable bonds is 5. The summed E-state index contributed by atoms with van der Waals surface area (Å²) in [7, 11) is 0. The summed E-state index contributed by atoms with van der Waals surface area (Å²) < 4.78 is 5.74. The van der Waals surface area contributed by atoms with Gasteiger partial charge in [-0.3, -0.25) is 4.79 Å². The highest BCUT2D eigenvalue weighted by Gasteiger charge is 2.07. The summed E-state index contributed by atoms with van der Waals surface area (Å²) in [6, 6.07) is 22.1. The minimum Gasteiger partial charge on any atom is -0.457 e. The topological polar surface area (TPSA) is 38.3 Å². The van der Waals surface area contributed by atoms with E-state index in [1.807, 2.05) is 48.5 Å². The maximum Gasteiger partial charge on any atom is 0.255 e. The molecule has 4 heteroatoms. The molecule has 0 unspecified atom stereocenters. The van der Waals surface area contributed by atoms with Crippen LogP contribution in [0.4, 0.5) is 5.69 Å². The van der Waals surface area contributed by atoms with Crippen molar-refractivity contribution < 1.29 is 9.53 Å². The van der Waals surface area contributed by atoms with E-state index in [1.54, 1.807) is 24.3 Å². The van der Waals surface area contributed by atoms with Gasteiger partial charge in [0.25, 0.3) is 5.91 Å². The molecule has 132 valence electrons. The van der Waals surface area contributed by atoms with Crippen LogP contribution in [-0.4, -0.2) is 5.91 Å². The fraction of sp³-hybridized carbons (Fsp3) is 0.136. The molecule has 0 spiro atoms. The van der Waals surface area contributed by atoms with Crippen molar-refractivity contribution >= 4 is 23.2 Å². The largest absolute Gasteiger partial charge is 0.457 e. The third-order valence-electron chi connectivity index (χ3n) is 4.00. The van der Waals surface area contributed by atoms with Gasteiger partial charge < -0.3 is 10.1 Å². The second-order valence-corrected chi connectivity index (χ2v) is 6.75. The standard InChI is InChI=1S/C22H20ClNO2/c1-15(2)16-3-5-17(6-4-16)22(25)24-19-9-13-21(14-10-19)26-20-11-7-18(23)8-12-20/h3-15H,1-2H3,(H,24,25). The lowest BCUT2D eigenvalue weighted by Crippen LogP contribution is -2.11. The lowest BCUT2D eigenvalue weighted by atomic mass is 10.0. The number of benzene rings is 3. The van der Waals surface area contributed by atoms with Gasteiger partial charge in [-0.15, -0.1) is 0 Å². The van der Waals surface area contributed by atoms with Gasteiger partial charge in [0.05, 0.1) is 0 Å². The number of hydrogen-bond acceptors (Lipinski definition) is 2. The first-order chi connectivity index (χ1) is 12.5. The molecule has 0 fully saturated rings. The van der Waals surface area contributed by atoms with Crippen LogP contribution in [0.15, 0.2) is 72.8 Å². The Bertz CT molecular complexity index is 870. The Kier molecular flexibility index (Phi) is 5.59. The molecule has 0 aromatic heterocycles. The van der Waals surface area contributed by atoms with E-state index in [9.17, 15) is 4.79 Å². The number of carbonyl (C=O) groups excluding carboxylic acids is 1. The Morgan fingerprint density at radius 2 is 1.38 bits per heavy atom. The first-order valence-electron chi connectivity index (χ1n) is 8.46. The summed E-state index contributed by atoms with van der Waals surface area (Å²) >= 11 is 5.86. The van der Waals surface area contributed by atoms with Crippen LogP contribution >= 0.6 is 11.6 Å². The van der Waals surface area contributed by atoms with E-state index < -0.39 is 0 Å². The molecule has 0 aliphatic rings. The number of amides is 1. The average molecular weight is 366 g/mol. The van der Waals surface area contributed by atoms with Gasteiger partial charge in [0.15, 0.2) is 0 Å². The Hall–Kier alpha value is -2.78. The van der Waals surface area contributed by atoms with Crippen molar-refractivity contribution in [2.24, 2.45) is 0 Å². The van der Waals surface area contributed by atoms with Crippen LogP contribution in [0.3, 0.4) is 0 Å². The first-order valence-corrected chi connectivity index (χ1v) is 8.84. The summed E-state index contributed by atoms with van der Waals surface area (Å²) in [4.78, 5) is 12.3. The van der Waals surface area contributed by atoms with Crippen molar-refractivity contribution in [3.8, 4) is 11.5 Å². The Balaban J connectivity index is 1.63. The van der Waals surface area contributed by atoms with Gasteiger partial charge in [0.1, 0.15) is 11.5 Å². The van der Waals surface area contributed by atoms with Crippen molar-refractivity contribution in [1.82, 2.24) is 0 Å². The number of carbonyl (C=O) groups is 1. The van der Waals surface area contributed by atoms with E-state index in [1.165, 1.54) is 5.56 Å². The molecule has 0 bridgehead atoms. The zero-order chi connectivity index (χ0) is 18.5. The minimum atomic E-state index is -0.133. The van der Waals surface area contributed by atoms with Gasteiger partial charge >= 0.3 is 0 Å². The molecule has 0 saturated carbocycles. The number of halogens is 1. The molecule has 0 radical (unpaired) electrons. The normalized spacial score (nSPS) is 10.6. The molecule has 1 amide bonds. The zero-order valence-electron chi connectivity index (χ0n) is 14.7. The SMILES string of the molecule is CC(C)c1ccc(C(=O)Nc2ccc(Oc3ccc(Cl)cc3)cc2)cc1. The van der Waals surface area contributed by atoms with Crippen LogP contribution < -0.4 is 10.1 Å². The molecule has 3 nitrogen and oxygen atoms in total. The minimum absolute atomic E-state index is 0.133. The number of ether oxygens (including phenoxy) is 1. The molecule has 0 aliphatic heterocycles. The quantitative estimate of drug-likeness (QED) is 0.559. The molecule has 0 aliphatic carbocycles. The molecule has 1 N–H and O–H groups in total. The van der Waals surface area contributed by atoms with Crippen molar-refractivity contribution in [2.75, 3.05) is 5.32 Å². The van der Waals surface area contributed by atoms with E-state index in [-0.39, 0.29) is 5.91 Å². The summed E-state index contributed by atoms with van der Waals surface area (Å²) in [5.74, 6) is 1.70. The second-order valence-electron chi connectivity index (χ2n) is 6.31. The summed E-state index contributed by atoms with van der Waals surface area (Å²) in [5.41, 5.74) is 2.56. The van der Waals surface area contributed by atoms with E-state index in [0.29, 0.717) is 33.7 Å². The predicted molar refractivity (Wildman–Crippen MR) is 106 cm³/mol. The molecule has 3 rings (SSSR count). The molecule has 0 atom stereocenters. The molecule has 3 aromatic carbocycles. The lowest BCUT2D eigenvalue weighted by Gasteiger charge is -2.09. The van der Waals surface area contributed by atoms with Gasteiger partial charge in [-0.1, -0.05) is 37.6 Å². The van der Waals surface area contributed by atoms with Crippen LogP contribution in [0, 0.1) is 0 Å². The highest BCUT2D eigenvalue weighted by atomic mass is 35.5. The summed E-state index contributed by atoms with van der Waals surface area (Å²) in [6.45, 7) is 4.26. The van der Waals surface area contributed by atoms with Gasteiger partial charge in [0, 0.05) is 16.3 Å². The monoisotopic (exact) mass is 365 g/mol. The third kappa shape index (κ3) is 4.64. The lowest BCUT2D eigenvalue weighted by molar-refractivity contribution is 0.102. The Morgan fingerprint density at radius 3 is 1.92 bits per heavy atom. The summed E-state index contributed by atoms with van der Waals surface area (Å²) in [6.07, 6.45) is 0. The predicted octanol–water partition coefficient (Wildman–Crippen LogP) is 6.51. The molecule has 26 heavy (non-hydrogen) atoms. The first kappa shape index (κ1) is 18.0. The maximum absolute atomic E-state index is 12.3. The second kappa shape index (κ2) is 8.07. The molecule has 0 heterocycles. The number of nitrogens with one attached hydrogen (secondary N) is 1. The Labute approximate surface area is 158 Å². The van der Waals surface area contributed by atoms with Crippen molar-refractivity contribution in [3.63, 3.8) is 0 Å². The highest BCUT2D eigenvalue weighted by molar-refractivity contribution is 6.30. The van der Waals surface area contributed by atoms with Gasteiger partial charge in [-0.25, -0.2) is 0 Å². The van der Waals surface area contributed by atoms with E-state index in [4.69, 9.17) is 16.3 Å². The van der Waals surface area contributed by atoms with Gasteiger partial charge in [0.2, 0.25) is 0 Å². The zero-order valence-corrected chi connectivity index (χ0v) is 15.5. The van der Waals surface area contributed by atoms with Crippen molar-refractivity contribution in [1.29, 1.82) is 0 Å². The van der Waals surface area contributed by atoms with Gasteiger partial charge in [-0.05, 0) is 72.1 Å². The number of anilines is 1. The summed E-state index contributed by atoms with van der Waals surface area (Å²) in [5, 5.41) is 3.56. The van der Waals surface area contributed by atoms with E-state index in [0.717, 1.165) is 0 Å². The highest BCUT2D eigenvalue weighted by Crippen LogP contribution is 2.24. The van der Waals surface area contributed by atoms with Crippen LogP contribution in [0.1, 0.15) is 35.7 Å².